The lowest BCUT2D eigenvalue weighted by Gasteiger charge is -2.30. The Bertz CT molecular complexity index is 1700. The van der Waals surface area contributed by atoms with Crippen LogP contribution in [0.2, 0.25) is 10.0 Å². The van der Waals surface area contributed by atoms with Crippen LogP contribution in [0.4, 0.5) is 11.4 Å². The number of fused-ring (bicyclic) bond motifs is 3. The number of hydroxylamine groups is 1. The van der Waals surface area contributed by atoms with E-state index >= 15 is 0 Å². The minimum absolute atomic E-state index is 0.269. The van der Waals surface area contributed by atoms with Gasteiger partial charge in [0.2, 0.25) is 5.91 Å². The van der Waals surface area contributed by atoms with E-state index in [0.29, 0.717) is 10.7 Å². The van der Waals surface area contributed by atoms with Gasteiger partial charge in [0.1, 0.15) is 5.92 Å². The molecule has 0 radical (unpaired) electrons. The molecule has 2 fully saturated rings. The van der Waals surface area contributed by atoms with Crippen LogP contribution in [0.5, 0.6) is 0 Å². The Labute approximate surface area is 228 Å². The van der Waals surface area contributed by atoms with Crippen LogP contribution < -0.4 is 9.96 Å². The van der Waals surface area contributed by atoms with Gasteiger partial charge in [0.15, 0.2) is 6.10 Å². The second-order valence-electron chi connectivity index (χ2n) is 9.50. The van der Waals surface area contributed by atoms with Crippen LogP contribution in [0.15, 0.2) is 103 Å². The van der Waals surface area contributed by atoms with E-state index in [1.54, 1.807) is 17.2 Å². The topological polar surface area (TPSA) is 49.9 Å². The number of carbonyl (C=O) groups excluding carboxylic acids is 2. The third-order valence-electron chi connectivity index (χ3n) is 7.40. The van der Waals surface area contributed by atoms with E-state index in [1.165, 1.54) is 11.0 Å². The van der Waals surface area contributed by atoms with Crippen molar-refractivity contribution < 1.29 is 14.4 Å². The van der Waals surface area contributed by atoms with Gasteiger partial charge in [-0.2, -0.15) is 0 Å². The molecule has 2 aliphatic rings. The van der Waals surface area contributed by atoms with Crippen molar-refractivity contribution in [2.24, 2.45) is 5.92 Å². The fourth-order valence-corrected chi connectivity index (χ4v) is 6.04. The van der Waals surface area contributed by atoms with Crippen molar-refractivity contribution in [2.75, 3.05) is 9.96 Å². The summed E-state index contributed by atoms with van der Waals surface area (Å²) in [6.45, 7) is 0. The Morgan fingerprint density at radius 1 is 0.632 bits per heavy atom. The van der Waals surface area contributed by atoms with Crippen LogP contribution in [0.25, 0.3) is 21.5 Å². The van der Waals surface area contributed by atoms with Gasteiger partial charge < -0.3 is 0 Å². The molecule has 5 aromatic rings. The Morgan fingerprint density at radius 2 is 1.26 bits per heavy atom. The molecule has 2 saturated heterocycles. The van der Waals surface area contributed by atoms with E-state index < -0.39 is 24.0 Å². The number of hydrogen-bond acceptors (Lipinski definition) is 4. The first-order valence-corrected chi connectivity index (χ1v) is 13.0. The Kier molecular flexibility index (Phi) is 5.41. The van der Waals surface area contributed by atoms with Gasteiger partial charge in [0, 0.05) is 0 Å². The Balaban J connectivity index is 1.46. The number of amides is 2. The van der Waals surface area contributed by atoms with Crippen LogP contribution in [-0.2, 0) is 14.4 Å². The monoisotopic (exact) mass is 538 g/mol. The number of para-hydroxylation sites is 1. The van der Waals surface area contributed by atoms with Crippen LogP contribution in [0, 0.1) is 5.92 Å². The third-order valence-corrected chi connectivity index (χ3v) is 8.14. The summed E-state index contributed by atoms with van der Waals surface area (Å²) in [6.07, 6.45) is -0.986. The maximum Gasteiger partial charge on any atom is 0.266 e. The molecule has 0 spiro atoms. The van der Waals surface area contributed by atoms with Gasteiger partial charge in [0.05, 0.1) is 27.5 Å². The zero-order valence-electron chi connectivity index (χ0n) is 19.9. The SMILES string of the molecule is O=C1[C@H]2[C@@H](ON(c3ccccc3)[C@H]2c2c3ccccc3cc3ccccc23)C(=O)N1c1ccc(Cl)c(Cl)c1. The maximum atomic E-state index is 14.1. The minimum atomic E-state index is -0.986. The second-order valence-corrected chi connectivity index (χ2v) is 10.3. The fraction of sp³-hybridized carbons (Fsp3) is 0.0968. The Hall–Kier alpha value is -3.90. The van der Waals surface area contributed by atoms with Gasteiger partial charge in [0.25, 0.3) is 5.91 Å². The van der Waals surface area contributed by atoms with Gasteiger partial charge >= 0.3 is 0 Å². The highest BCUT2D eigenvalue weighted by Crippen LogP contribution is 2.51. The number of nitrogens with zero attached hydrogens (tertiary/aromatic N) is 2. The van der Waals surface area contributed by atoms with Crippen LogP contribution in [0.3, 0.4) is 0 Å². The second kappa shape index (κ2) is 8.84. The largest absolute Gasteiger partial charge is 0.273 e. The normalized spacial score (nSPS) is 21.1. The molecular weight excluding hydrogens is 519 g/mol. The summed E-state index contributed by atoms with van der Waals surface area (Å²) in [5, 5.41) is 6.48. The predicted molar refractivity (Wildman–Crippen MR) is 150 cm³/mol. The number of halogens is 2. The lowest BCUT2D eigenvalue weighted by atomic mass is 9.84. The molecule has 5 aromatic carbocycles. The minimum Gasteiger partial charge on any atom is -0.273 e. The first-order valence-electron chi connectivity index (χ1n) is 12.3. The Morgan fingerprint density at radius 3 is 1.92 bits per heavy atom. The van der Waals surface area contributed by atoms with Crippen LogP contribution in [0.1, 0.15) is 11.6 Å². The highest BCUT2D eigenvalue weighted by Gasteiger charge is 2.60. The summed E-state index contributed by atoms with van der Waals surface area (Å²) in [4.78, 5) is 35.5. The van der Waals surface area contributed by atoms with E-state index in [0.717, 1.165) is 32.8 Å². The molecule has 2 amide bonds. The van der Waals surface area contributed by atoms with E-state index in [9.17, 15) is 9.59 Å². The quantitative estimate of drug-likeness (QED) is 0.178. The van der Waals surface area contributed by atoms with Crippen molar-refractivity contribution in [1.29, 1.82) is 0 Å². The zero-order chi connectivity index (χ0) is 26.0. The summed E-state index contributed by atoms with van der Waals surface area (Å²) in [7, 11) is 0. The molecular formula is C31H20Cl2N2O3. The number of rotatable bonds is 3. The first kappa shape index (κ1) is 23.2. The molecule has 2 heterocycles. The van der Waals surface area contributed by atoms with E-state index in [2.05, 4.69) is 30.3 Å². The van der Waals surface area contributed by atoms with Crippen molar-refractivity contribution in [3.63, 3.8) is 0 Å². The summed E-state index contributed by atoms with van der Waals surface area (Å²) in [5.41, 5.74) is 2.10. The van der Waals surface area contributed by atoms with E-state index in [-0.39, 0.29) is 10.9 Å². The average Bonchev–Trinajstić information content (AvgIpc) is 3.44. The fourth-order valence-electron chi connectivity index (χ4n) is 5.75. The van der Waals surface area contributed by atoms with Crippen molar-refractivity contribution in [3.8, 4) is 0 Å². The smallest absolute Gasteiger partial charge is 0.266 e. The van der Waals surface area contributed by atoms with Crippen LogP contribution >= 0.6 is 23.2 Å². The molecule has 0 N–H and O–H groups in total. The zero-order valence-corrected chi connectivity index (χ0v) is 21.4. The predicted octanol–water partition coefficient (Wildman–Crippen LogP) is 7.35. The van der Waals surface area contributed by atoms with Gasteiger partial charge in [-0.15, -0.1) is 0 Å². The molecule has 3 atom stereocenters. The molecule has 7 heteroatoms. The lowest BCUT2D eigenvalue weighted by Crippen LogP contribution is -2.37. The molecule has 2 aliphatic heterocycles. The summed E-state index contributed by atoms with van der Waals surface area (Å²) >= 11 is 12.4. The third kappa shape index (κ3) is 3.43. The molecule has 0 aliphatic carbocycles. The standard InChI is InChI=1S/C31H20Cl2N2O3/c32-24-15-14-21(17-25(24)33)34-30(36)27-28(35(38-29(27)31(34)37)20-10-2-1-3-11-20)26-22-12-6-4-8-18(22)16-19-9-5-7-13-23(19)26/h1-17,27-29H/t27-,28+,29-/m1/s1. The van der Waals surface area contributed by atoms with Crippen molar-refractivity contribution >= 4 is 67.9 Å². The highest BCUT2D eigenvalue weighted by atomic mass is 35.5. The first-order chi connectivity index (χ1) is 18.5. The number of hydrogen-bond donors (Lipinski definition) is 0. The van der Waals surface area contributed by atoms with Gasteiger partial charge in [-0.1, -0.05) is 89.9 Å². The van der Waals surface area contributed by atoms with Crippen molar-refractivity contribution in [1.82, 2.24) is 0 Å². The van der Waals surface area contributed by atoms with Crippen molar-refractivity contribution in [3.05, 3.63) is 119 Å². The molecule has 5 nitrogen and oxygen atoms in total. The molecule has 0 unspecified atom stereocenters. The average molecular weight is 539 g/mol. The van der Waals surface area contributed by atoms with Gasteiger partial charge in [-0.3, -0.25) is 14.4 Å². The number of anilines is 2. The molecule has 0 aromatic heterocycles. The number of benzene rings is 5. The van der Waals surface area contributed by atoms with Gasteiger partial charge in [-0.05, 0) is 63.5 Å². The number of carbonyl (C=O) groups is 2. The number of imide groups is 1. The molecule has 0 saturated carbocycles. The maximum absolute atomic E-state index is 14.1. The van der Waals surface area contributed by atoms with Crippen molar-refractivity contribution in [2.45, 2.75) is 12.1 Å². The lowest BCUT2D eigenvalue weighted by molar-refractivity contribution is -0.126. The molecule has 186 valence electrons. The molecule has 38 heavy (non-hydrogen) atoms. The van der Waals surface area contributed by atoms with E-state index in [4.69, 9.17) is 28.0 Å². The summed E-state index contributed by atoms with van der Waals surface area (Å²) in [5.74, 6) is -1.53. The summed E-state index contributed by atoms with van der Waals surface area (Å²) in [6, 6.07) is 32.2. The van der Waals surface area contributed by atoms with Gasteiger partial charge in [-0.25, -0.2) is 9.96 Å². The molecule has 7 rings (SSSR count). The summed E-state index contributed by atoms with van der Waals surface area (Å²) < 4.78 is 0. The molecule has 0 bridgehead atoms. The van der Waals surface area contributed by atoms with Crippen LogP contribution in [-0.4, -0.2) is 17.9 Å². The van der Waals surface area contributed by atoms with E-state index in [1.807, 2.05) is 54.6 Å². The highest BCUT2D eigenvalue weighted by molar-refractivity contribution is 6.42.